The maximum Gasteiger partial charge on any atom is 0.252 e. The summed E-state index contributed by atoms with van der Waals surface area (Å²) in [6.07, 6.45) is 0.182. The second kappa shape index (κ2) is 9.39. The lowest BCUT2D eigenvalue weighted by Crippen LogP contribution is -2.36. The van der Waals surface area contributed by atoms with Crippen molar-refractivity contribution in [2.75, 3.05) is 43.1 Å². The van der Waals surface area contributed by atoms with Gasteiger partial charge < -0.3 is 20.3 Å². The molecule has 7 heteroatoms. The molecule has 2 N–H and O–H groups in total. The quantitative estimate of drug-likeness (QED) is 0.799. The molecular formula is C20H22ClN3O3. The fraction of sp³-hybridized carbons (Fsp3) is 0.300. The van der Waals surface area contributed by atoms with E-state index in [-0.39, 0.29) is 24.8 Å². The van der Waals surface area contributed by atoms with Gasteiger partial charge in [-0.1, -0.05) is 23.7 Å². The van der Waals surface area contributed by atoms with E-state index < -0.39 is 0 Å². The summed E-state index contributed by atoms with van der Waals surface area (Å²) < 4.78 is 5.35. The molecule has 2 amide bonds. The highest BCUT2D eigenvalue weighted by Gasteiger charge is 2.12. The van der Waals surface area contributed by atoms with Gasteiger partial charge in [-0.05, 0) is 36.4 Å². The molecule has 142 valence electrons. The van der Waals surface area contributed by atoms with Crippen LogP contribution in [0.2, 0.25) is 5.02 Å². The van der Waals surface area contributed by atoms with Crippen LogP contribution in [0.4, 0.5) is 11.4 Å². The average Bonchev–Trinajstić information content (AvgIpc) is 2.69. The first-order valence-corrected chi connectivity index (χ1v) is 9.26. The molecule has 1 fully saturated rings. The fourth-order valence-corrected chi connectivity index (χ4v) is 3.05. The molecule has 2 aromatic rings. The van der Waals surface area contributed by atoms with Gasteiger partial charge in [0.25, 0.3) is 5.91 Å². The van der Waals surface area contributed by atoms with E-state index >= 15 is 0 Å². The number of carbonyl (C=O) groups excluding carboxylic acids is 2. The Morgan fingerprint density at radius 1 is 1.04 bits per heavy atom. The Hall–Kier alpha value is -2.57. The maximum atomic E-state index is 12.1. The minimum atomic E-state index is -0.289. The van der Waals surface area contributed by atoms with E-state index in [1.54, 1.807) is 24.3 Å². The number of halogens is 1. The zero-order valence-corrected chi connectivity index (χ0v) is 15.7. The molecule has 0 spiro atoms. The van der Waals surface area contributed by atoms with Crippen molar-refractivity contribution in [3.05, 3.63) is 59.1 Å². The van der Waals surface area contributed by atoms with Gasteiger partial charge in [-0.25, -0.2) is 0 Å². The van der Waals surface area contributed by atoms with Crippen molar-refractivity contribution >= 4 is 34.8 Å². The number of carbonyl (C=O) groups is 2. The zero-order valence-electron chi connectivity index (χ0n) is 14.9. The molecule has 1 heterocycles. The molecule has 0 saturated carbocycles. The van der Waals surface area contributed by atoms with Crippen molar-refractivity contribution in [3.63, 3.8) is 0 Å². The van der Waals surface area contributed by atoms with Crippen LogP contribution in [0.25, 0.3) is 0 Å². The largest absolute Gasteiger partial charge is 0.378 e. The van der Waals surface area contributed by atoms with Crippen molar-refractivity contribution in [2.45, 2.75) is 6.42 Å². The van der Waals surface area contributed by atoms with Crippen molar-refractivity contribution < 1.29 is 14.3 Å². The first kappa shape index (κ1) is 19.2. The lowest BCUT2D eigenvalue weighted by molar-refractivity contribution is -0.116. The molecule has 0 bridgehead atoms. The Morgan fingerprint density at radius 3 is 2.44 bits per heavy atom. The average molecular weight is 388 g/mol. The van der Waals surface area contributed by atoms with E-state index in [1.807, 2.05) is 24.3 Å². The molecule has 3 rings (SSSR count). The molecule has 0 unspecified atom stereocenters. The summed E-state index contributed by atoms with van der Waals surface area (Å²) in [5, 5.41) is 5.93. The fourth-order valence-electron chi connectivity index (χ4n) is 2.83. The van der Waals surface area contributed by atoms with Gasteiger partial charge in [0, 0.05) is 37.4 Å². The maximum absolute atomic E-state index is 12.1. The molecule has 1 saturated heterocycles. The van der Waals surface area contributed by atoms with Crippen LogP contribution >= 0.6 is 11.6 Å². The van der Waals surface area contributed by atoms with Crippen molar-refractivity contribution in [1.82, 2.24) is 5.32 Å². The molecule has 0 atom stereocenters. The van der Waals surface area contributed by atoms with E-state index in [2.05, 4.69) is 15.5 Å². The number of rotatable bonds is 6. The van der Waals surface area contributed by atoms with Crippen LogP contribution < -0.4 is 15.5 Å². The number of morpholine rings is 1. The molecular weight excluding hydrogens is 366 g/mol. The minimum absolute atomic E-state index is 0.159. The molecule has 0 aromatic heterocycles. The summed E-state index contributed by atoms with van der Waals surface area (Å²) in [7, 11) is 0. The third-order valence-electron chi connectivity index (χ3n) is 4.28. The molecule has 0 radical (unpaired) electrons. The zero-order chi connectivity index (χ0) is 19.1. The standard InChI is InChI=1S/C20H22ClN3O3/c21-18-4-2-1-3-17(18)20(26)22-10-9-19(25)23-15-5-7-16(8-6-15)24-11-13-27-14-12-24/h1-8H,9-14H2,(H,22,26)(H,23,25). The van der Waals surface area contributed by atoms with Gasteiger partial charge in [-0.3, -0.25) is 9.59 Å². The number of hydrogen-bond acceptors (Lipinski definition) is 4. The summed E-state index contributed by atoms with van der Waals surface area (Å²) in [6.45, 7) is 3.45. The summed E-state index contributed by atoms with van der Waals surface area (Å²) in [5.41, 5.74) is 2.25. The lowest BCUT2D eigenvalue weighted by atomic mass is 10.2. The van der Waals surface area contributed by atoms with Gasteiger partial charge in [0.2, 0.25) is 5.91 Å². The van der Waals surface area contributed by atoms with Crippen LogP contribution in [0.15, 0.2) is 48.5 Å². The monoisotopic (exact) mass is 387 g/mol. The first-order valence-electron chi connectivity index (χ1n) is 8.89. The van der Waals surface area contributed by atoms with Gasteiger partial charge in [0.05, 0.1) is 23.8 Å². The number of nitrogens with zero attached hydrogens (tertiary/aromatic N) is 1. The van der Waals surface area contributed by atoms with Gasteiger partial charge in [0.15, 0.2) is 0 Å². The second-order valence-electron chi connectivity index (χ2n) is 6.18. The minimum Gasteiger partial charge on any atom is -0.378 e. The molecule has 27 heavy (non-hydrogen) atoms. The topological polar surface area (TPSA) is 70.7 Å². The Labute approximate surface area is 163 Å². The first-order chi connectivity index (χ1) is 13.1. The number of nitrogens with one attached hydrogen (secondary N) is 2. The summed E-state index contributed by atoms with van der Waals surface area (Å²) >= 11 is 5.99. The van der Waals surface area contributed by atoms with Crippen LogP contribution in [-0.4, -0.2) is 44.7 Å². The highest BCUT2D eigenvalue weighted by molar-refractivity contribution is 6.33. The third-order valence-corrected chi connectivity index (χ3v) is 4.61. The van der Waals surface area contributed by atoms with Crippen molar-refractivity contribution in [2.24, 2.45) is 0 Å². The molecule has 6 nitrogen and oxygen atoms in total. The van der Waals surface area contributed by atoms with Crippen molar-refractivity contribution in [1.29, 1.82) is 0 Å². The smallest absolute Gasteiger partial charge is 0.252 e. The summed E-state index contributed by atoms with van der Waals surface area (Å²) in [4.78, 5) is 26.4. The summed E-state index contributed by atoms with van der Waals surface area (Å²) in [5.74, 6) is -0.447. The van der Waals surface area contributed by atoms with Crippen LogP contribution in [-0.2, 0) is 9.53 Å². The van der Waals surface area contributed by atoms with Crippen LogP contribution in [0, 0.1) is 0 Å². The van der Waals surface area contributed by atoms with E-state index in [9.17, 15) is 9.59 Å². The molecule has 2 aromatic carbocycles. The molecule has 1 aliphatic heterocycles. The Kier molecular flexibility index (Phi) is 6.68. The molecule has 0 aliphatic carbocycles. The highest BCUT2D eigenvalue weighted by Crippen LogP contribution is 2.19. The van der Waals surface area contributed by atoms with Crippen LogP contribution in [0.3, 0.4) is 0 Å². The predicted octanol–water partition coefficient (Wildman–Crippen LogP) is 2.94. The summed E-state index contributed by atoms with van der Waals surface area (Å²) in [6, 6.07) is 14.5. The predicted molar refractivity (Wildman–Crippen MR) is 107 cm³/mol. The number of benzene rings is 2. The van der Waals surface area contributed by atoms with Crippen LogP contribution in [0.5, 0.6) is 0 Å². The Bertz CT molecular complexity index is 789. The van der Waals surface area contributed by atoms with Gasteiger partial charge in [0.1, 0.15) is 0 Å². The number of amides is 2. The Morgan fingerprint density at radius 2 is 1.74 bits per heavy atom. The highest BCUT2D eigenvalue weighted by atomic mass is 35.5. The van der Waals surface area contributed by atoms with Crippen LogP contribution in [0.1, 0.15) is 16.8 Å². The normalized spacial score (nSPS) is 13.9. The number of ether oxygens (including phenoxy) is 1. The SMILES string of the molecule is O=C(CCNC(=O)c1ccccc1Cl)Nc1ccc(N2CCOCC2)cc1. The van der Waals surface area contributed by atoms with Crippen molar-refractivity contribution in [3.8, 4) is 0 Å². The van der Waals surface area contributed by atoms with E-state index in [1.165, 1.54) is 0 Å². The van der Waals surface area contributed by atoms with E-state index in [4.69, 9.17) is 16.3 Å². The third kappa shape index (κ3) is 5.45. The van der Waals surface area contributed by atoms with E-state index in [0.717, 1.165) is 37.7 Å². The van der Waals surface area contributed by atoms with Gasteiger partial charge in [-0.15, -0.1) is 0 Å². The lowest BCUT2D eigenvalue weighted by Gasteiger charge is -2.28. The molecule has 1 aliphatic rings. The number of anilines is 2. The Balaban J connectivity index is 1.44. The van der Waals surface area contributed by atoms with E-state index in [0.29, 0.717) is 10.6 Å². The number of hydrogen-bond donors (Lipinski definition) is 2. The van der Waals surface area contributed by atoms with Gasteiger partial charge in [-0.2, -0.15) is 0 Å². The van der Waals surface area contributed by atoms with Gasteiger partial charge >= 0.3 is 0 Å². The second-order valence-corrected chi connectivity index (χ2v) is 6.59.